The largest absolute Gasteiger partial charge is 0.380 e. The van der Waals surface area contributed by atoms with E-state index in [-0.39, 0.29) is 12.5 Å². The molecule has 1 saturated carbocycles. The normalized spacial score (nSPS) is 23.6. The van der Waals surface area contributed by atoms with Gasteiger partial charge in [0, 0.05) is 19.3 Å². The molecule has 1 aliphatic rings. The summed E-state index contributed by atoms with van der Waals surface area (Å²) in [7, 11) is 1.63. The number of carbonyl (C=O) groups excluding carboxylic acids is 1. The maximum atomic E-state index is 11.2. The van der Waals surface area contributed by atoms with Crippen molar-refractivity contribution in [2.45, 2.75) is 38.8 Å². The number of hydrogen-bond acceptors (Lipinski definition) is 3. The van der Waals surface area contributed by atoms with Crippen LogP contribution in [-0.2, 0) is 11.3 Å². The second-order valence-corrected chi connectivity index (χ2v) is 4.86. The first-order valence-corrected chi connectivity index (χ1v) is 6.17. The molecular formula is C12H20N4O. The summed E-state index contributed by atoms with van der Waals surface area (Å²) in [4.78, 5) is 11.2. The molecule has 1 aromatic rings. The third-order valence-electron chi connectivity index (χ3n) is 3.28. The van der Waals surface area contributed by atoms with Gasteiger partial charge in [0.25, 0.3) is 0 Å². The van der Waals surface area contributed by atoms with E-state index in [0.717, 1.165) is 11.6 Å². The van der Waals surface area contributed by atoms with E-state index in [1.807, 2.05) is 6.20 Å². The van der Waals surface area contributed by atoms with Crippen molar-refractivity contribution in [3.05, 3.63) is 12.4 Å². The Morgan fingerprint density at radius 2 is 2.41 bits per heavy atom. The van der Waals surface area contributed by atoms with Gasteiger partial charge in [-0.2, -0.15) is 5.10 Å². The summed E-state index contributed by atoms with van der Waals surface area (Å²) in [5, 5.41) is 10.2. The summed E-state index contributed by atoms with van der Waals surface area (Å²) in [6, 6.07) is 0.558. The topological polar surface area (TPSA) is 59.0 Å². The zero-order valence-electron chi connectivity index (χ0n) is 10.4. The highest BCUT2D eigenvalue weighted by Gasteiger charge is 2.21. The van der Waals surface area contributed by atoms with Crippen molar-refractivity contribution in [1.82, 2.24) is 15.1 Å². The molecule has 0 aromatic carbocycles. The first kappa shape index (κ1) is 12.0. The number of aromatic nitrogens is 2. The lowest BCUT2D eigenvalue weighted by molar-refractivity contribution is -0.121. The molecule has 1 heterocycles. The summed E-state index contributed by atoms with van der Waals surface area (Å²) in [6.45, 7) is 2.57. The van der Waals surface area contributed by atoms with Crippen LogP contribution in [0, 0.1) is 5.92 Å². The van der Waals surface area contributed by atoms with E-state index in [4.69, 9.17) is 0 Å². The summed E-state index contributed by atoms with van der Waals surface area (Å²) in [5.41, 5.74) is 1.01. The zero-order chi connectivity index (χ0) is 12.3. The molecule has 0 radical (unpaired) electrons. The Labute approximate surface area is 102 Å². The summed E-state index contributed by atoms with van der Waals surface area (Å²) < 4.78 is 1.65. The molecule has 1 aromatic heterocycles. The molecule has 1 amide bonds. The van der Waals surface area contributed by atoms with E-state index < -0.39 is 0 Å². The average molecular weight is 236 g/mol. The standard InChI is InChI=1S/C12H20N4O/c1-9-3-4-10(5-9)15-11-6-14-16(7-11)8-12(17)13-2/h6-7,9-10,15H,3-5,8H2,1-2H3,(H,13,17). The Hall–Kier alpha value is -1.52. The van der Waals surface area contributed by atoms with Gasteiger partial charge in [0.2, 0.25) is 5.91 Å². The van der Waals surface area contributed by atoms with E-state index in [1.54, 1.807) is 17.9 Å². The molecule has 0 spiro atoms. The lowest BCUT2D eigenvalue weighted by Crippen LogP contribution is -2.23. The van der Waals surface area contributed by atoms with Crippen molar-refractivity contribution >= 4 is 11.6 Å². The number of likely N-dealkylation sites (N-methyl/N-ethyl adjacent to an activating group) is 1. The van der Waals surface area contributed by atoms with Gasteiger partial charge < -0.3 is 10.6 Å². The highest BCUT2D eigenvalue weighted by atomic mass is 16.1. The van der Waals surface area contributed by atoms with Crippen LogP contribution in [0.4, 0.5) is 5.69 Å². The van der Waals surface area contributed by atoms with Gasteiger partial charge in [0.05, 0.1) is 11.9 Å². The predicted molar refractivity (Wildman–Crippen MR) is 66.7 cm³/mol. The Kier molecular flexibility index (Phi) is 3.66. The summed E-state index contributed by atoms with van der Waals surface area (Å²) in [6.07, 6.45) is 7.41. The molecule has 5 heteroatoms. The molecule has 1 fully saturated rings. The highest BCUT2D eigenvalue weighted by Crippen LogP contribution is 2.27. The zero-order valence-corrected chi connectivity index (χ0v) is 10.4. The van der Waals surface area contributed by atoms with Crippen LogP contribution in [0.5, 0.6) is 0 Å². The van der Waals surface area contributed by atoms with Gasteiger partial charge in [-0.3, -0.25) is 9.48 Å². The molecule has 0 aliphatic heterocycles. The SMILES string of the molecule is CNC(=O)Cn1cc(NC2CCC(C)C2)cn1. The van der Waals surface area contributed by atoms with Crippen LogP contribution in [0.2, 0.25) is 0 Å². The fourth-order valence-corrected chi connectivity index (χ4v) is 2.32. The maximum absolute atomic E-state index is 11.2. The molecule has 17 heavy (non-hydrogen) atoms. The predicted octanol–water partition coefficient (Wildman–Crippen LogP) is 1.23. The molecule has 94 valence electrons. The Bertz CT molecular complexity index is 388. The van der Waals surface area contributed by atoms with E-state index in [1.165, 1.54) is 19.3 Å². The number of hydrogen-bond donors (Lipinski definition) is 2. The van der Waals surface area contributed by atoms with Crippen LogP contribution in [0.3, 0.4) is 0 Å². The lowest BCUT2D eigenvalue weighted by Gasteiger charge is -2.11. The minimum Gasteiger partial charge on any atom is -0.380 e. The number of carbonyl (C=O) groups is 1. The Balaban J connectivity index is 1.87. The molecule has 2 unspecified atom stereocenters. The highest BCUT2D eigenvalue weighted by molar-refractivity contribution is 5.75. The van der Waals surface area contributed by atoms with Gasteiger partial charge in [0.1, 0.15) is 6.54 Å². The molecule has 5 nitrogen and oxygen atoms in total. The van der Waals surface area contributed by atoms with Crippen LogP contribution in [-0.4, -0.2) is 28.8 Å². The van der Waals surface area contributed by atoms with E-state index in [2.05, 4.69) is 22.7 Å². The molecule has 0 bridgehead atoms. The minimum absolute atomic E-state index is 0.0332. The van der Waals surface area contributed by atoms with Crippen LogP contribution < -0.4 is 10.6 Å². The fraction of sp³-hybridized carbons (Fsp3) is 0.667. The quantitative estimate of drug-likeness (QED) is 0.826. The van der Waals surface area contributed by atoms with Crippen molar-refractivity contribution in [2.75, 3.05) is 12.4 Å². The molecule has 0 saturated heterocycles. The molecule has 1 aliphatic carbocycles. The smallest absolute Gasteiger partial charge is 0.241 e. The summed E-state index contributed by atoms with van der Waals surface area (Å²) in [5.74, 6) is 0.780. The van der Waals surface area contributed by atoms with Crippen LogP contribution in [0.25, 0.3) is 0 Å². The van der Waals surface area contributed by atoms with Gasteiger partial charge in [0.15, 0.2) is 0 Å². The number of rotatable bonds is 4. The number of nitrogens with zero attached hydrogens (tertiary/aromatic N) is 2. The Morgan fingerprint density at radius 1 is 1.59 bits per heavy atom. The van der Waals surface area contributed by atoms with Crippen LogP contribution in [0.1, 0.15) is 26.2 Å². The minimum atomic E-state index is -0.0332. The van der Waals surface area contributed by atoms with Crippen molar-refractivity contribution < 1.29 is 4.79 Å². The van der Waals surface area contributed by atoms with Gasteiger partial charge in [-0.05, 0) is 25.2 Å². The first-order valence-electron chi connectivity index (χ1n) is 6.17. The summed E-state index contributed by atoms with van der Waals surface area (Å²) >= 11 is 0. The molecule has 2 atom stereocenters. The van der Waals surface area contributed by atoms with Gasteiger partial charge >= 0.3 is 0 Å². The monoisotopic (exact) mass is 236 g/mol. The van der Waals surface area contributed by atoms with E-state index >= 15 is 0 Å². The van der Waals surface area contributed by atoms with Crippen molar-refractivity contribution in [3.8, 4) is 0 Å². The fourth-order valence-electron chi connectivity index (χ4n) is 2.32. The maximum Gasteiger partial charge on any atom is 0.241 e. The molecular weight excluding hydrogens is 216 g/mol. The van der Waals surface area contributed by atoms with Crippen LogP contribution >= 0.6 is 0 Å². The number of anilines is 1. The average Bonchev–Trinajstić information content (AvgIpc) is 2.89. The van der Waals surface area contributed by atoms with E-state index in [9.17, 15) is 4.79 Å². The Morgan fingerprint density at radius 3 is 3.06 bits per heavy atom. The van der Waals surface area contributed by atoms with E-state index in [0.29, 0.717) is 6.04 Å². The molecule has 2 N–H and O–H groups in total. The number of amides is 1. The lowest BCUT2D eigenvalue weighted by atomic mass is 10.1. The van der Waals surface area contributed by atoms with Crippen molar-refractivity contribution in [3.63, 3.8) is 0 Å². The third kappa shape index (κ3) is 3.22. The first-order chi connectivity index (χ1) is 8.17. The van der Waals surface area contributed by atoms with Crippen molar-refractivity contribution in [2.24, 2.45) is 5.92 Å². The van der Waals surface area contributed by atoms with Crippen molar-refractivity contribution in [1.29, 1.82) is 0 Å². The van der Waals surface area contributed by atoms with Gasteiger partial charge in [-0.25, -0.2) is 0 Å². The third-order valence-corrected chi connectivity index (χ3v) is 3.28. The number of nitrogens with one attached hydrogen (secondary N) is 2. The second kappa shape index (κ2) is 5.21. The second-order valence-electron chi connectivity index (χ2n) is 4.86. The molecule has 2 rings (SSSR count). The van der Waals surface area contributed by atoms with Crippen LogP contribution in [0.15, 0.2) is 12.4 Å². The van der Waals surface area contributed by atoms with Gasteiger partial charge in [-0.15, -0.1) is 0 Å². The van der Waals surface area contributed by atoms with Gasteiger partial charge in [-0.1, -0.05) is 6.92 Å².